The van der Waals surface area contributed by atoms with Crippen LogP contribution in [0.5, 0.6) is 0 Å². The second kappa shape index (κ2) is 5.98. The van der Waals surface area contributed by atoms with E-state index in [4.69, 9.17) is 0 Å². The fraction of sp³-hybridized carbons (Fsp3) is 0.857. The molecule has 0 aromatic carbocycles. The number of nitrogens with zero attached hydrogens (tertiary/aromatic N) is 2. The van der Waals surface area contributed by atoms with E-state index >= 15 is 0 Å². The number of hydrogen-bond acceptors (Lipinski definition) is 3. The fourth-order valence-corrected chi connectivity index (χ4v) is 3.06. The number of likely N-dealkylation sites (N-methyl/N-ethyl adjacent to an activating group) is 1. The number of hydrazine groups is 1. The normalized spacial score (nSPS) is 32.5. The zero-order valence-corrected chi connectivity index (χ0v) is 11.6. The molecule has 0 radical (unpaired) electrons. The lowest BCUT2D eigenvalue weighted by Crippen LogP contribution is -2.51. The Hall–Kier alpha value is -0.380. The van der Waals surface area contributed by atoms with Crippen molar-refractivity contribution in [2.45, 2.75) is 26.7 Å². The molecule has 1 aliphatic heterocycles. The van der Waals surface area contributed by atoms with Crippen LogP contribution in [-0.2, 0) is 0 Å². The highest BCUT2D eigenvalue weighted by Gasteiger charge is 2.19. The van der Waals surface area contributed by atoms with Gasteiger partial charge in [0.05, 0.1) is 0 Å². The lowest BCUT2D eigenvalue weighted by molar-refractivity contribution is 0.0955. The van der Waals surface area contributed by atoms with Gasteiger partial charge in [0.2, 0.25) is 0 Å². The van der Waals surface area contributed by atoms with Crippen LogP contribution in [0.2, 0.25) is 0 Å². The molecule has 3 heteroatoms. The maximum atomic E-state index is 3.63. The van der Waals surface area contributed by atoms with Crippen LogP contribution in [0.3, 0.4) is 0 Å². The molecule has 1 fully saturated rings. The Labute approximate surface area is 106 Å². The Kier molecular flexibility index (Phi) is 4.60. The fourth-order valence-electron chi connectivity index (χ4n) is 3.06. The lowest BCUT2D eigenvalue weighted by atomic mass is 9.84. The van der Waals surface area contributed by atoms with Crippen molar-refractivity contribution in [3.63, 3.8) is 0 Å². The number of rotatable bonds is 3. The molecule has 1 saturated heterocycles. The number of allylic oxidation sites excluding steroid dienone is 2. The highest BCUT2D eigenvalue weighted by molar-refractivity contribution is 5.06. The van der Waals surface area contributed by atoms with Crippen LogP contribution in [0, 0.1) is 11.8 Å². The summed E-state index contributed by atoms with van der Waals surface area (Å²) in [6.07, 6.45) is 5.07. The summed E-state index contributed by atoms with van der Waals surface area (Å²) in [6, 6.07) is 0. The third-order valence-electron chi connectivity index (χ3n) is 3.99. The third-order valence-corrected chi connectivity index (χ3v) is 3.99. The van der Waals surface area contributed by atoms with E-state index < -0.39 is 0 Å². The van der Waals surface area contributed by atoms with Crippen LogP contribution in [0.4, 0.5) is 0 Å². The maximum absolute atomic E-state index is 3.63. The van der Waals surface area contributed by atoms with Gasteiger partial charge in [0.25, 0.3) is 0 Å². The van der Waals surface area contributed by atoms with Gasteiger partial charge in [-0.25, -0.2) is 5.01 Å². The summed E-state index contributed by atoms with van der Waals surface area (Å²) in [7, 11) is 2.20. The molecule has 2 rings (SSSR count). The van der Waals surface area contributed by atoms with Gasteiger partial charge in [0.15, 0.2) is 0 Å². The SMILES string of the molecule is CC1=CC(C)CC(CNN2CCN(C)CC2)C1. The van der Waals surface area contributed by atoms with E-state index in [0.29, 0.717) is 0 Å². The van der Waals surface area contributed by atoms with Gasteiger partial charge in [-0.1, -0.05) is 18.6 Å². The molecule has 2 aliphatic rings. The van der Waals surface area contributed by atoms with Gasteiger partial charge in [0.1, 0.15) is 0 Å². The number of nitrogens with one attached hydrogen (secondary N) is 1. The van der Waals surface area contributed by atoms with Crippen molar-refractivity contribution in [3.8, 4) is 0 Å². The van der Waals surface area contributed by atoms with Gasteiger partial charge in [-0.2, -0.15) is 0 Å². The second-order valence-corrected chi connectivity index (χ2v) is 5.95. The molecule has 17 heavy (non-hydrogen) atoms. The molecule has 0 aromatic rings. The zero-order chi connectivity index (χ0) is 12.3. The van der Waals surface area contributed by atoms with Crippen LogP contribution in [-0.4, -0.2) is 49.7 Å². The van der Waals surface area contributed by atoms with Crippen molar-refractivity contribution in [2.24, 2.45) is 11.8 Å². The minimum Gasteiger partial charge on any atom is -0.304 e. The first-order chi connectivity index (χ1) is 8.13. The summed E-state index contributed by atoms with van der Waals surface area (Å²) in [5.41, 5.74) is 5.21. The topological polar surface area (TPSA) is 18.5 Å². The molecule has 3 nitrogen and oxygen atoms in total. The summed E-state index contributed by atoms with van der Waals surface area (Å²) in [5.74, 6) is 1.60. The van der Waals surface area contributed by atoms with E-state index in [1.165, 1.54) is 25.9 Å². The van der Waals surface area contributed by atoms with E-state index in [1.807, 2.05) is 0 Å². The van der Waals surface area contributed by atoms with Gasteiger partial charge >= 0.3 is 0 Å². The summed E-state index contributed by atoms with van der Waals surface area (Å²) in [4.78, 5) is 2.40. The quantitative estimate of drug-likeness (QED) is 0.754. The molecule has 1 heterocycles. The molecule has 1 N–H and O–H groups in total. The molecule has 1 aliphatic carbocycles. The van der Waals surface area contributed by atoms with E-state index in [9.17, 15) is 0 Å². The molecule has 0 amide bonds. The van der Waals surface area contributed by atoms with E-state index in [1.54, 1.807) is 5.57 Å². The molecule has 2 unspecified atom stereocenters. The van der Waals surface area contributed by atoms with Gasteiger partial charge in [-0.15, -0.1) is 0 Å². The van der Waals surface area contributed by atoms with E-state index in [-0.39, 0.29) is 0 Å². The molecular formula is C14H27N3. The monoisotopic (exact) mass is 237 g/mol. The van der Waals surface area contributed by atoms with Crippen LogP contribution in [0.25, 0.3) is 0 Å². The molecule has 0 bridgehead atoms. The second-order valence-electron chi connectivity index (χ2n) is 5.95. The minimum absolute atomic E-state index is 0.767. The Morgan fingerprint density at radius 1 is 1.29 bits per heavy atom. The molecular weight excluding hydrogens is 210 g/mol. The lowest BCUT2D eigenvalue weighted by Gasteiger charge is -2.34. The highest BCUT2D eigenvalue weighted by Crippen LogP contribution is 2.27. The van der Waals surface area contributed by atoms with Crippen LogP contribution in [0.1, 0.15) is 26.7 Å². The predicted octanol–water partition coefficient (Wildman–Crippen LogP) is 1.73. The minimum atomic E-state index is 0.767. The number of piperazine rings is 1. The Balaban J connectivity index is 1.70. The molecule has 0 saturated carbocycles. The summed E-state index contributed by atoms with van der Waals surface area (Å²) in [5, 5.41) is 2.40. The average molecular weight is 237 g/mol. The predicted molar refractivity (Wildman–Crippen MR) is 72.7 cm³/mol. The van der Waals surface area contributed by atoms with Gasteiger partial charge < -0.3 is 4.90 Å². The molecule has 0 spiro atoms. The Morgan fingerprint density at radius 3 is 2.65 bits per heavy atom. The standard InChI is InChI=1S/C14H27N3/c1-12-8-13(2)10-14(9-12)11-15-17-6-4-16(3)5-7-17/h8,12,14-15H,4-7,9-11H2,1-3H3. The summed E-state index contributed by atoms with van der Waals surface area (Å²) < 4.78 is 0. The molecule has 0 aromatic heterocycles. The third kappa shape index (κ3) is 4.09. The zero-order valence-electron chi connectivity index (χ0n) is 11.6. The van der Waals surface area contributed by atoms with Gasteiger partial charge in [-0.05, 0) is 38.6 Å². The maximum Gasteiger partial charge on any atom is 0.0259 e. The van der Waals surface area contributed by atoms with Crippen molar-refractivity contribution < 1.29 is 0 Å². The first-order valence-electron chi connectivity index (χ1n) is 6.98. The van der Waals surface area contributed by atoms with E-state index in [0.717, 1.165) is 31.5 Å². The Bertz CT molecular complexity index is 267. The van der Waals surface area contributed by atoms with Crippen LogP contribution in [0.15, 0.2) is 11.6 Å². The van der Waals surface area contributed by atoms with Crippen molar-refractivity contribution in [3.05, 3.63) is 11.6 Å². The molecule has 98 valence electrons. The largest absolute Gasteiger partial charge is 0.304 e. The van der Waals surface area contributed by atoms with Crippen LogP contribution < -0.4 is 5.43 Å². The van der Waals surface area contributed by atoms with Crippen molar-refractivity contribution >= 4 is 0 Å². The molecule has 2 atom stereocenters. The summed E-state index contributed by atoms with van der Waals surface area (Å²) in [6.45, 7) is 10.5. The first-order valence-corrected chi connectivity index (χ1v) is 6.98. The van der Waals surface area contributed by atoms with Crippen molar-refractivity contribution in [1.29, 1.82) is 0 Å². The van der Waals surface area contributed by atoms with Gasteiger partial charge in [0, 0.05) is 32.7 Å². The highest BCUT2D eigenvalue weighted by atomic mass is 15.5. The Morgan fingerprint density at radius 2 is 2.00 bits per heavy atom. The van der Waals surface area contributed by atoms with Gasteiger partial charge in [-0.3, -0.25) is 5.43 Å². The van der Waals surface area contributed by atoms with E-state index in [2.05, 4.69) is 42.3 Å². The van der Waals surface area contributed by atoms with Crippen molar-refractivity contribution in [1.82, 2.24) is 15.3 Å². The first kappa shape index (κ1) is 13.1. The number of hydrogen-bond donors (Lipinski definition) is 1. The van der Waals surface area contributed by atoms with Crippen molar-refractivity contribution in [2.75, 3.05) is 39.8 Å². The average Bonchev–Trinajstić information content (AvgIpc) is 2.27. The van der Waals surface area contributed by atoms with Crippen LogP contribution >= 0.6 is 0 Å². The smallest absolute Gasteiger partial charge is 0.0259 e. The summed E-state index contributed by atoms with van der Waals surface area (Å²) >= 11 is 0.